The maximum absolute atomic E-state index is 12.9. The van der Waals surface area contributed by atoms with Crippen molar-refractivity contribution in [2.75, 3.05) is 5.88 Å². The Balaban J connectivity index is 3.08. The first kappa shape index (κ1) is 12.5. The van der Waals surface area contributed by atoms with Gasteiger partial charge in [-0.05, 0) is 18.2 Å². The van der Waals surface area contributed by atoms with E-state index in [0.29, 0.717) is 5.56 Å². The number of hydrogen-bond acceptors (Lipinski definition) is 1. The molecule has 0 saturated heterocycles. The summed E-state index contributed by atoms with van der Waals surface area (Å²) in [6.07, 6.45) is 0. The summed E-state index contributed by atoms with van der Waals surface area (Å²) in [5.74, 6) is -0.461. The van der Waals surface area contributed by atoms with Crippen LogP contribution in [0, 0.1) is 11.2 Å². The highest BCUT2D eigenvalue weighted by Gasteiger charge is 2.27. The van der Waals surface area contributed by atoms with Gasteiger partial charge in [0, 0.05) is 16.9 Å². The quantitative estimate of drug-likeness (QED) is 0.586. The minimum atomic E-state index is -0.664. The first-order valence-electron chi connectivity index (χ1n) is 4.44. The van der Waals surface area contributed by atoms with E-state index in [1.807, 2.05) is 0 Å². The third-order valence-corrected chi connectivity index (χ3v) is 3.09. The molecule has 0 unspecified atom stereocenters. The molecule has 0 aliphatic carbocycles. The molecule has 4 heteroatoms. The van der Waals surface area contributed by atoms with Crippen molar-refractivity contribution in [3.8, 4) is 0 Å². The summed E-state index contributed by atoms with van der Waals surface area (Å²) in [4.78, 5) is 11.9. The molecule has 0 N–H and O–H groups in total. The van der Waals surface area contributed by atoms with E-state index in [4.69, 9.17) is 23.2 Å². The van der Waals surface area contributed by atoms with Gasteiger partial charge in [-0.1, -0.05) is 25.4 Å². The van der Waals surface area contributed by atoms with Crippen molar-refractivity contribution in [3.63, 3.8) is 0 Å². The highest BCUT2D eigenvalue weighted by molar-refractivity contribution is 6.31. The average molecular weight is 249 g/mol. The molecule has 0 aliphatic rings. The maximum Gasteiger partial charge on any atom is 0.169 e. The number of ketones is 1. The fourth-order valence-electron chi connectivity index (χ4n) is 1.09. The number of Topliss-reactive ketones (excluding diaryl/α,β-unsaturated/α-hetero) is 1. The zero-order valence-corrected chi connectivity index (χ0v) is 9.99. The summed E-state index contributed by atoms with van der Waals surface area (Å²) < 4.78 is 12.9. The topological polar surface area (TPSA) is 17.1 Å². The van der Waals surface area contributed by atoms with E-state index in [0.717, 1.165) is 0 Å². The third kappa shape index (κ3) is 2.70. The van der Waals surface area contributed by atoms with E-state index in [9.17, 15) is 9.18 Å². The highest BCUT2D eigenvalue weighted by atomic mass is 35.5. The summed E-state index contributed by atoms with van der Waals surface area (Å²) in [6.45, 7) is 3.47. The predicted octanol–water partition coefficient (Wildman–Crippen LogP) is 3.93. The van der Waals surface area contributed by atoms with Crippen molar-refractivity contribution in [1.29, 1.82) is 0 Å². The number of carbonyl (C=O) groups is 1. The third-order valence-electron chi connectivity index (χ3n) is 2.13. The highest BCUT2D eigenvalue weighted by Crippen LogP contribution is 2.25. The van der Waals surface area contributed by atoms with Crippen LogP contribution in [-0.4, -0.2) is 11.7 Å². The van der Waals surface area contributed by atoms with Gasteiger partial charge in [-0.25, -0.2) is 4.39 Å². The molecule has 0 spiro atoms. The van der Waals surface area contributed by atoms with Gasteiger partial charge in [-0.15, -0.1) is 11.6 Å². The molecule has 1 aromatic rings. The van der Waals surface area contributed by atoms with Crippen LogP contribution in [0.1, 0.15) is 24.2 Å². The lowest BCUT2D eigenvalue weighted by Crippen LogP contribution is -2.26. The zero-order chi connectivity index (χ0) is 11.6. The Kier molecular flexibility index (Phi) is 3.74. The van der Waals surface area contributed by atoms with Gasteiger partial charge in [0.2, 0.25) is 0 Å². The second-order valence-corrected chi connectivity index (χ2v) is 4.65. The summed E-state index contributed by atoms with van der Waals surface area (Å²) in [5, 5.41) is -0.0498. The summed E-state index contributed by atoms with van der Waals surface area (Å²) in [7, 11) is 0. The molecule has 0 bridgehead atoms. The number of alkyl halides is 1. The van der Waals surface area contributed by atoms with Crippen LogP contribution >= 0.6 is 23.2 Å². The van der Waals surface area contributed by atoms with Crippen molar-refractivity contribution in [1.82, 2.24) is 0 Å². The van der Waals surface area contributed by atoms with Gasteiger partial charge >= 0.3 is 0 Å². The summed E-state index contributed by atoms with van der Waals surface area (Å²) in [5.41, 5.74) is -0.282. The van der Waals surface area contributed by atoms with Crippen LogP contribution in [0.5, 0.6) is 0 Å². The van der Waals surface area contributed by atoms with Crippen molar-refractivity contribution < 1.29 is 9.18 Å². The van der Waals surface area contributed by atoms with Gasteiger partial charge in [0.15, 0.2) is 5.78 Å². The van der Waals surface area contributed by atoms with Crippen molar-refractivity contribution in [2.24, 2.45) is 5.41 Å². The molecule has 1 aromatic carbocycles. The standard InChI is InChI=1S/C11H11Cl2FO/c1-11(2,6-12)10(15)7-3-4-9(14)8(13)5-7/h3-5H,6H2,1-2H3. The molecular weight excluding hydrogens is 238 g/mol. The van der Waals surface area contributed by atoms with Crippen LogP contribution < -0.4 is 0 Å². The summed E-state index contributed by atoms with van der Waals surface area (Å²) in [6, 6.07) is 3.92. The molecule has 1 nitrogen and oxygen atoms in total. The van der Waals surface area contributed by atoms with Crippen LogP contribution in [0.25, 0.3) is 0 Å². The smallest absolute Gasteiger partial charge is 0.169 e. The SMILES string of the molecule is CC(C)(CCl)C(=O)c1ccc(F)c(Cl)c1. The number of rotatable bonds is 3. The van der Waals surface area contributed by atoms with Crippen LogP contribution in [0.3, 0.4) is 0 Å². The van der Waals surface area contributed by atoms with Crippen molar-refractivity contribution in [3.05, 3.63) is 34.6 Å². The van der Waals surface area contributed by atoms with E-state index in [-0.39, 0.29) is 16.7 Å². The molecular formula is C11H11Cl2FO. The molecule has 82 valence electrons. The van der Waals surface area contributed by atoms with Crippen LogP contribution in [-0.2, 0) is 0 Å². The lowest BCUT2D eigenvalue weighted by Gasteiger charge is -2.19. The molecule has 0 atom stereocenters. The number of halogens is 3. The Morgan fingerprint density at radius 2 is 2.07 bits per heavy atom. The maximum atomic E-state index is 12.9. The van der Waals surface area contributed by atoms with Crippen molar-refractivity contribution >= 4 is 29.0 Å². The van der Waals surface area contributed by atoms with E-state index >= 15 is 0 Å². The van der Waals surface area contributed by atoms with Gasteiger partial charge in [-0.2, -0.15) is 0 Å². The Morgan fingerprint density at radius 1 is 1.47 bits per heavy atom. The van der Waals surface area contributed by atoms with Crippen molar-refractivity contribution in [2.45, 2.75) is 13.8 Å². The molecule has 0 heterocycles. The normalized spacial score (nSPS) is 11.5. The van der Waals surface area contributed by atoms with Crippen LogP contribution in [0.15, 0.2) is 18.2 Å². The van der Waals surface area contributed by atoms with E-state index in [2.05, 4.69) is 0 Å². The Bertz CT molecular complexity index is 388. The lowest BCUT2D eigenvalue weighted by atomic mass is 9.86. The Morgan fingerprint density at radius 3 is 2.53 bits per heavy atom. The molecule has 0 aliphatic heterocycles. The van der Waals surface area contributed by atoms with Gasteiger partial charge < -0.3 is 0 Å². The largest absolute Gasteiger partial charge is 0.294 e. The van der Waals surface area contributed by atoms with Gasteiger partial charge in [-0.3, -0.25) is 4.79 Å². The van der Waals surface area contributed by atoms with Gasteiger partial charge in [0.05, 0.1) is 5.02 Å². The van der Waals surface area contributed by atoms with Crippen LogP contribution in [0.2, 0.25) is 5.02 Å². The number of hydrogen-bond donors (Lipinski definition) is 0. The molecule has 0 fully saturated rings. The van der Waals surface area contributed by atoms with E-state index in [1.165, 1.54) is 18.2 Å². The molecule has 0 aromatic heterocycles. The first-order chi connectivity index (χ1) is 6.88. The molecule has 15 heavy (non-hydrogen) atoms. The minimum Gasteiger partial charge on any atom is -0.294 e. The fourth-order valence-corrected chi connectivity index (χ4v) is 1.39. The summed E-state index contributed by atoms with van der Waals surface area (Å²) >= 11 is 11.3. The van der Waals surface area contributed by atoms with E-state index in [1.54, 1.807) is 13.8 Å². The Hall–Kier alpha value is -0.600. The molecule has 0 amide bonds. The second kappa shape index (κ2) is 4.50. The Labute approximate surface area is 98.2 Å². The van der Waals surface area contributed by atoms with Gasteiger partial charge in [0.25, 0.3) is 0 Å². The monoisotopic (exact) mass is 248 g/mol. The van der Waals surface area contributed by atoms with Crippen LogP contribution in [0.4, 0.5) is 4.39 Å². The molecule has 0 radical (unpaired) electrons. The predicted molar refractivity (Wildman–Crippen MR) is 60.2 cm³/mol. The molecule has 1 rings (SSSR count). The fraction of sp³-hybridized carbons (Fsp3) is 0.364. The number of benzene rings is 1. The minimum absolute atomic E-state index is 0.0498. The van der Waals surface area contributed by atoms with Gasteiger partial charge in [0.1, 0.15) is 5.82 Å². The second-order valence-electron chi connectivity index (χ2n) is 3.98. The number of carbonyl (C=O) groups excluding carboxylic acids is 1. The lowest BCUT2D eigenvalue weighted by molar-refractivity contribution is 0.0862. The first-order valence-corrected chi connectivity index (χ1v) is 5.35. The van der Waals surface area contributed by atoms with E-state index < -0.39 is 11.2 Å². The average Bonchev–Trinajstić information content (AvgIpc) is 2.21. The zero-order valence-electron chi connectivity index (χ0n) is 8.48. The molecule has 0 saturated carbocycles.